The molecule has 0 aliphatic rings. The Bertz CT molecular complexity index is 312. The molecule has 0 radical (unpaired) electrons. The van der Waals surface area contributed by atoms with Crippen molar-refractivity contribution in [3.05, 3.63) is 0 Å². The van der Waals surface area contributed by atoms with Crippen molar-refractivity contribution in [2.75, 3.05) is 0 Å². The van der Waals surface area contributed by atoms with Gasteiger partial charge in [0, 0.05) is 12.4 Å². The minimum atomic E-state index is -4.86. The number of carbonyl (C=O) groups excluding carboxylic acids is 2. The van der Waals surface area contributed by atoms with Gasteiger partial charge in [0.1, 0.15) is 0 Å². The first-order valence-corrected chi connectivity index (χ1v) is 4.39. The maximum Gasteiger partial charge on any atom is 1.00 e. The summed E-state index contributed by atoms with van der Waals surface area (Å²) in [6.07, 6.45) is -1.23. The second-order valence-electron chi connectivity index (χ2n) is 2.06. The summed E-state index contributed by atoms with van der Waals surface area (Å²) in [5.74, 6) is -3.38. The van der Waals surface area contributed by atoms with Crippen molar-refractivity contribution in [3.63, 3.8) is 0 Å². The van der Waals surface area contributed by atoms with Crippen LogP contribution < -0.4 is 40.1 Å². The molecule has 0 aliphatic carbocycles. The molecule has 8 nitrogen and oxygen atoms in total. The number of rotatable bonds is 4. The van der Waals surface area contributed by atoms with Crippen molar-refractivity contribution in [2.24, 2.45) is 0 Å². The fourth-order valence-electron chi connectivity index (χ4n) is 0.557. The largest absolute Gasteiger partial charge is 1.00 e. The molecule has 1 amide bonds. The van der Waals surface area contributed by atoms with Gasteiger partial charge in [-0.3, -0.25) is 14.6 Å². The van der Waals surface area contributed by atoms with Gasteiger partial charge in [-0.05, 0) is 0 Å². The van der Waals surface area contributed by atoms with E-state index in [1.807, 2.05) is 0 Å². The van der Waals surface area contributed by atoms with E-state index in [9.17, 15) is 23.1 Å². The van der Waals surface area contributed by atoms with Crippen molar-refractivity contribution in [2.45, 2.75) is 11.7 Å². The summed E-state index contributed by atoms with van der Waals surface area (Å²) in [5, 5.41) is 15.7. The second-order valence-corrected chi connectivity index (χ2v) is 3.65. The average Bonchev–Trinajstić information content (AvgIpc) is 1.96. The summed E-state index contributed by atoms with van der Waals surface area (Å²) in [5.41, 5.74) is 0.908. The van der Waals surface area contributed by atoms with Gasteiger partial charge >= 0.3 is 29.6 Å². The first-order chi connectivity index (χ1) is 5.79. The molecule has 0 aromatic carbocycles. The molecule has 14 heavy (non-hydrogen) atoms. The van der Waals surface area contributed by atoms with E-state index >= 15 is 0 Å². The van der Waals surface area contributed by atoms with E-state index in [1.165, 1.54) is 0 Å². The van der Waals surface area contributed by atoms with Crippen molar-refractivity contribution >= 4 is 22.0 Å². The Kier molecular flexibility index (Phi) is 7.34. The molecule has 1 atom stereocenters. The number of amides is 1. The summed E-state index contributed by atoms with van der Waals surface area (Å²) in [7, 11) is -4.86. The SMILES string of the molecule is O=C([O-])CC(C(=O)NO)S(=O)(=O)O.[Na+]. The number of nitrogens with one attached hydrogen (secondary N) is 1. The molecule has 0 rings (SSSR count). The van der Waals surface area contributed by atoms with Crippen LogP contribution >= 0.6 is 0 Å². The first-order valence-electron chi connectivity index (χ1n) is 2.89. The maximum atomic E-state index is 10.5. The number of hydrogen-bond acceptors (Lipinski definition) is 6. The Labute approximate surface area is 101 Å². The average molecular weight is 235 g/mol. The smallest absolute Gasteiger partial charge is 0.550 e. The fourth-order valence-corrected chi connectivity index (χ4v) is 1.23. The Morgan fingerprint density at radius 3 is 2.07 bits per heavy atom. The van der Waals surface area contributed by atoms with Crippen LogP contribution in [-0.2, 0) is 19.7 Å². The Morgan fingerprint density at radius 1 is 1.43 bits per heavy atom. The van der Waals surface area contributed by atoms with Crippen LogP contribution in [-0.4, -0.2) is 35.3 Å². The van der Waals surface area contributed by atoms with Crippen molar-refractivity contribution in [1.82, 2.24) is 5.48 Å². The zero-order valence-corrected chi connectivity index (χ0v) is 9.94. The standard InChI is InChI=1S/C4H7NO7S.Na/c6-3(7)1-2(4(8)5-9)13(10,11)12;/h2,9H,1H2,(H,5,8)(H,6,7)(H,10,11,12);/q;+1/p-1. The number of carboxylic acids is 1. The summed E-state index contributed by atoms with van der Waals surface area (Å²) in [6, 6.07) is 0. The Morgan fingerprint density at radius 2 is 1.86 bits per heavy atom. The van der Waals surface area contributed by atoms with Crippen molar-refractivity contribution < 1.29 is 62.4 Å². The Balaban J connectivity index is 0. The van der Waals surface area contributed by atoms with Gasteiger partial charge in [0.25, 0.3) is 16.0 Å². The van der Waals surface area contributed by atoms with Gasteiger partial charge in [0.15, 0.2) is 5.25 Å². The number of hydrogen-bond donors (Lipinski definition) is 3. The third kappa shape index (κ3) is 5.52. The summed E-state index contributed by atoms with van der Waals surface area (Å²) in [6.45, 7) is 0. The van der Waals surface area contributed by atoms with E-state index in [2.05, 4.69) is 0 Å². The van der Waals surface area contributed by atoms with E-state index in [0.29, 0.717) is 0 Å². The predicted octanol–water partition coefficient (Wildman–Crippen LogP) is -6.11. The fraction of sp³-hybridized carbons (Fsp3) is 0.500. The van der Waals surface area contributed by atoms with Crippen LogP contribution in [0.5, 0.6) is 0 Å². The molecular weight excluding hydrogens is 229 g/mol. The molecule has 0 aromatic heterocycles. The van der Waals surface area contributed by atoms with Gasteiger partial charge in [0.05, 0.1) is 0 Å². The molecule has 0 aliphatic heterocycles. The first kappa shape index (κ1) is 16.2. The molecule has 0 fully saturated rings. The third-order valence-electron chi connectivity index (χ3n) is 1.11. The molecule has 0 saturated heterocycles. The quantitative estimate of drug-likeness (QED) is 0.190. The molecule has 1 unspecified atom stereocenters. The molecule has 3 N–H and O–H groups in total. The summed E-state index contributed by atoms with van der Waals surface area (Å²) >= 11 is 0. The van der Waals surface area contributed by atoms with Crippen LogP contribution in [0, 0.1) is 0 Å². The second kappa shape index (κ2) is 6.32. The topological polar surface area (TPSA) is 144 Å². The zero-order valence-electron chi connectivity index (χ0n) is 7.13. The molecule has 0 heterocycles. The van der Waals surface area contributed by atoms with E-state index < -0.39 is 33.7 Å². The van der Waals surface area contributed by atoms with Crippen LogP contribution in [0.4, 0.5) is 0 Å². The van der Waals surface area contributed by atoms with E-state index in [0.717, 1.165) is 5.48 Å². The Hall–Kier alpha value is -0.190. The number of carboxylic acid groups (broad SMARTS) is 1. The molecule has 0 saturated carbocycles. The summed E-state index contributed by atoms with van der Waals surface area (Å²) < 4.78 is 29.1. The van der Waals surface area contributed by atoms with E-state index in [-0.39, 0.29) is 29.6 Å². The molecule has 0 aromatic rings. The third-order valence-corrected chi connectivity index (χ3v) is 2.21. The zero-order chi connectivity index (χ0) is 10.6. The van der Waals surface area contributed by atoms with Gasteiger partial charge in [-0.1, -0.05) is 0 Å². The van der Waals surface area contributed by atoms with Gasteiger partial charge in [0.2, 0.25) is 0 Å². The molecule has 76 valence electrons. The molecule has 0 spiro atoms. The van der Waals surface area contributed by atoms with Gasteiger partial charge in [-0.15, -0.1) is 0 Å². The van der Waals surface area contributed by atoms with E-state index in [1.54, 1.807) is 0 Å². The summed E-state index contributed by atoms with van der Waals surface area (Å²) in [4.78, 5) is 20.4. The van der Waals surface area contributed by atoms with Crippen LogP contribution in [0.3, 0.4) is 0 Å². The number of aliphatic carboxylic acids is 1. The maximum absolute atomic E-state index is 10.5. The minimum absolute atomic E-state index is 0. The van der Waals surface area contributed by atoms with Gasteiger partial charge < -0.3 is 9.90 Å². The number of carbonyl (C=O) groups is 2. The van der Waals surface area contributed by atoms with Crippen molar-refractivity contribution in [3.8, 4) is 0 Å². The number of hydroxylamine groups is 1. The monoisotopic (exact) mass is 235 g/mol. The molecule has 10 heteroatoms. The van der Waals surface area contributed by atoms with Crippen LogP contribution in [0.15, 0.2) is 0 Å². The normalized spacial score (nSPS) is 12.4. The van der Waals surface area contributed by atoms with Gasteiger partial charge in [-0.2, -0.15) is 8.42 Å². The van der Waals surface area contributed by atoms with Crippen LogP contribution in [0.1, 0.15) is 6.42 Å². The van der Waals surface area contributed by atoms with E-state index in [4.69, 9.17) is 9.76 Å². The van der Waals surface area contributed by atoms with Crippen LogP contribution in [0.25, 0.3) is 0 Å². The predicted molar refractivity (Wildman–Crippen MR) is 34.9 cm³/mol. The minimum Gasteiger partial charge on any atom is -0.550 e. The van der Waals surface area contributed by atoms with Gasteiger partial charge in [-0.25, -0.2) is 5.48 Å². The van der Waals surface area contributed by atoms with Crippen LogP contribution in [0.2, 0.25) is 0 Å². The molecular formula is C4H6NNaO7S. The van der Waals surface area contributed by atoms with Crippen molar-refractivity contribution in [1.29, 1.82) is 0 Å². The molecule has 0 bridgehead atoms.